The van der Waals surface area contributed by atoms with Gasteiger partial charge in [-0.1, -0.05) is 30.3 Å². The number of nitrogens with zero attached hydrogens (tertiary/aromatic N) is 2. The van der Waals surface area contributed by atoms with E-state index >= 15 is 0 Å². The van der Waals surface area contributed by atoms with E-state index in [0.29, 0.717) is 16.5 Å². The number of carbonyl (C=O) groups excluding carboxylic acids is 1. The van der Waals surface area contributed by atoms with Crippen molar-refractivity contribution in [2.45, 2.75) is 19.3 Å². The number of carbonyl (C=O) groups is 1. The number of amides is 1. The highest BCUT2D eigenvalue weighted by atomic mass is 32.1. The molecule has 0 radical (unpaired) electrons. The lowest BCUT2D eigenvalue weighted by Crippen LogP contribution is -2.34. The van der Waals surface area contributed by atoms with Gasteiger partial charge in [0.1, 0.15) is 5.82 Å². The Morgan fingerprint density at radius 3 is 2.42 bits per heavy atom. The van der Waals surface area contributed by atoms with E-state index in [4.69, 9.17) is 0 Å². The first-order valence-electron chi connectivity index (χ1n) is 7.43. The van der Waals surface area contributed by atoms with Crippen LogP contribution in [0.5, 0.6) is 0 Å². The van der Waals surface area contributed by atoms with Gasteiger partial charge >= 0.3 is 0 Å². The van der Waals surface area contributed by atoms with Gasteiger partial charge in [-0.25, -0.2) is 4.39 Å². The van der Waals surface area contributed by atoms with Crippen LogP contribution < -0.4 is 5.32 Å². The van der Waals surface area contributed by atoms with Gasteiger partial charge in [-0.3, -0.25) is 10.1 Å². The number of hydrogen-bond acceptors (Lipinski definition) is 4. The molecule has 1 N–H and O–H groups in total. The first-order valence-corrected chi connectivity index (χ1v) is 8.21. The predicted molar refractivity (Wildman–Crippen MR) is 93.4 cm³/mol. The van der Waals surface area contributed by atoms with Crippen LogP contribution in [0.1, 0.15) is 19.4 Å². The third-order valence-corrected chi connectivity index (χ3v) is 4.44. The molecule has 4 nitrogen and oxygen atoms in total. The van der Waals surface area contributed by atoms with E-state index < -0.39 is 5.41 Å². The smallest absolute Gasteiger partial charge is 0.236 e. The summed E-state index contributed by atoms with van der Waals surface area (Å²) in [5.41, 5.74) is 0.935. The number of nitrogens with one attached hydrogen (secondary N) is 1. The summed E-state index contributed by atoms with van der Waals surface area (Å²) in [5.74, 6) is -0.00422. The van der Waals surface area contributed by atoms with E-state index in [2.05, 4.69) is 14.7 Å². The fourth-order valence-corrected chi connectivity index (χ4v) is 2.81. The summed E-state index contributed by atoms with van der Waals surface area (Å²) in [6.07, 6.45) is 0. The van der Waals surface area contributed by atoms with Crippen LogP contribution in [0.25, 0.3) is 11.4 Å². The van der Waals surface area contributed by atoms with Crippen molar-refractivity contribution in [3.8, 4) is 11.4 Å². The van der Waals surface area contributed by atoms with Crippen molar-refractivity contribution in [2.24, 2.45) is 0 Å². The monoisotopic (exact) mass is 341 g/mol. The van der Waals surface area contributed by atoms with Crippen molar-refractivity contribution >= 4 is 22.6 Å². The first kappa shape index (κ1) is 16.3. The maximum absolute atomic E-state index is 13.0. The summed E-state index contributed by atoms with van der Waals surface area (Å²) in [5, 5.41) is 3.23. The second-order valence-corrected chi connectivity index (χ2v) is 6.63. The Kier molecular flexibility index (Phi) is 4.40. The summed E-state index contributed by atoms with van der Waals surface area (Å²) >= 11 is 1.10. The molecule has 0 unspecified atom stereocenters. The molecule has 3 aromatic rings. The first-order chi connectivity index (χ1) is 11.5. The number of halogens is 1. The van der Waals surface area contributed by atoms with E-state index in [9.17, 15) is 9.18 Å². The minimum atomic E-state index is -0.691. The van der Waals surface area contributed by atoms with Crippen molar-refractivity contribution in [2.75, 3.05) is 5.32 Å². The SMILES string of the molecule is CC(C)(C(=O)Nc1nc(-c2ccc(F)cc2)ns1)c1ccccc1. The number of anilines is 1. The molecule has 6 heteroatoms. The molecule has 0 aliphatic rings. The molecule has 0 bridgehead atoms. The highest BCUT2D eigenvalue weighted by molar-refractivity contribution is 7.10. The van der Waals surface area contributed by atoms with Crippen LogP contribution in [0, 0.1) is 5.82 Å². The lowest BCUT2D eigenvalue weighted by molar-refractivity contribution is -0.120. The van der Waals surface area contributed by atoms with E-state index in [-0.39, 0.29) is 11.7 Å². The Morgan fingerprint density at radius 2 is 1.75 bits per heavy atom. The number of aromatic nitrogens is 2. The van der Waals surface area contributed by atoms with Crippen LogP contribution in [0.4, 0.5) is 9.52 Å². The molecular weight excluding hydrogens is 325 g/mol. The molecule has 122 valence electrons. The molecule has 0 atom stereocenters. The molecule has 0 saturated heterocycles. The van der Waals surface area contributed by atoms with Crippen molar-refractivity contribution in [1.29, 1.82) is 0 Å². The standard InChI is InChI=1S/C18H16FN3OS/c1-18(2,13-6-4-3-5-7-13)16(23)21-17-20-15(22-24-17)12-8-10-14(19)11-9-12/h3-11H,1-2H3,(H,20,21,22,23). The molecule has 0 aliphatic heterocycles. The lowest BCUT2D eigenvalue weighted by atomic mass is 9.84. The van der Waals surface area contributed by atoms with Gasteiger partial charge in [-0.2, -0.15) is 9.36 Å². The van der Waals surface area contributed by atoms with E-state index in [1.807, 2.05) is 44.2 Å². The minimum Gasteiger partial charge on any atom is -0.300 e. The molecule has 0 fully saturated rings. The fraction of sp³-hybridized carbons (Fsp3) is 0.167. The zero-order chi connectivity index (χ0) is 17.2. The Balaban J connectivity index is 1.77. The molecule has 24 heavy (non-hydrogen) atoms. The zero-order valence-corrected chi connectivity index (χ0v) is 14.1. The largest absolute Gasteiger partial charge is 0.300 e. The molecule has 0 aliphatic carbocycles. The molecule has 2 aromatic carbocycles. The second kappa shape index (κ2) is 6.49. The Morgan fingerprint density at radius 1 is 1.08 bits per heavy atom. The summed E-state index contributed by atoms with van der Waals surface area (Å²) in [6.45, 7) is 3.72. The molecule has 1 amide bonds. The third-order valence-electron chi connectivity index (χ3n) is 3.81. The van der Waals surface area contributed by atoms with Gasteiger partial charge in [0.25, 0.3) is 0 Å². The van der Waals surface area contributed by atoms with Crippen molar-refractivity contribution in [1.82, 2.24) is 9.36 Å². The summed E-state index contributed by atoms with van der Waals surface area (Å²) in [7, 11) is 0. The van der Waals surface area contributed by atoms with Crippen LogP contribution >= 0.6 is 11.5 Å². The van der Waals surface area contributed by atoms with Gasteiger partial charge in [0.2, 0.25) is 11.0 Å². The molecule has 1 aromatic heterocycles. The molecule has 0 spiro atoms. The summed E-state index contributed by atoms with van der Waals surface area (Å²) in [4.78, 5) is 16.9. The Bertz CT molecular complexity index is 844. The average Bonchev–Trinajstić information content (AvgIpc) is 3.04. The zero-order valence-electron chi connectivity index (χ0n) is 13.3. The number of rotatable bonds is 4. The molecule has 1 heterocycles. The topological polar surface area (TPSA) is 54.9 Å². The number of hydrogen-bond donors (Lipinski definition) is 1. The average molecular weight is 341 g/mol. The highest BCUT2D eigenvalue weighted by Crippen LogP contribution is 2.26. The fourth-order valence-electron chi connectivity index (χ4n) is 2.23. The highest BCUT2D eigenvalue weighted by Gasteiger charge is 2.30. The van der Waals surface area contributed by atoms with E-state index in [1.165, 1.54) is 12.1 Å². The molecule has 0 saturated carbocycles. The van der Waals surface area contributed by atoms with Gasteiger partial charge in [-0.05, 0) is 43.7 Å². The quantitative estimate of drug-likeness (QED) is 0.771. The van der Waals surface area contributed by atoms with Crippen LogP contribution in [-0.2, 0) is 10.2 Å². The van der Waals surface area contributed by atoms with Crippen molar-refractivity contribution in [3.63, 3.8) is 0 Å². The second-order valence-electron chi connectivity index (χ2n) is 5.88. The van der Waals surface area contributed by atoms with Crippen LogP contribution in [0.3, 0.4) is 0 Å². The third kappa shape index (κ3) is 3.33. The van der Waals surface area contributed by atoms with Gasteiger partial charge < -0.3 is 0 Å². The van der Waals surface area contributed by atoms with Crippen molar-refractivity contribution in [3.05, 3.63) is 66.0 Å². The normalized spacial score (nSPS) is 11.3. The Labute approximate surface area is 143 Å². The molecular formula is C18H16FN3OS. The van der Waals surface area contributed by atoms with Crippen LogP contribution in [0.2, 0.25) is 0 Å². The predicted octanol–water partition coefficient (Wildman–Crippen LogP) is 4.26. The van der Waals surface area contributed by atoms with Gasteiger partial charge in [0.15, 0.2) is 5.82 Å². The van der Waals surface area contributed by atoms with Gasteiger partial charge in [0.05, 0.1) is 5.41 Å². The van der Waals surface area contributed by atoms with Crippen LogP contribution in [-0.4, -0.2) is 15.3 Å². The summed E-state index contributed by atoms with van der Waals surface area (Å²) < 4.78 is 17.2. The van der Waals surface area contributed by atoms with Crippen molar-refractivity contribution < 1.29 is 9.18 Å². The summed E-state index contributed by atoms with van der Waals surface area (Å²) in [6, 6.07) is 15.5. The maximum atomic E-state index is 13.0. The van der Waals surface area contributed by atoms with Gasteiger partial charge in [-0.15, -0.1) is 0 Å². The van der Waals surface area contributed by atoms with Gasteiger partial charge in [0, 0.05) is 17.1 Å². The molecule has 3 rings (SSSR count). The lowest BCUT2D eigenvalue weighted by Gasteiger charge is -2.23. The van der Waals surface area contributed by atoms with Crippen LogP contribution in [0.15, 0.2) is 54.6 Å². The van der Waals surface area contributed by atoms with E-state index in [0.717, 1.165) is 17.1 Å². The minimum absolute atomic E-state index is 0.157. The number of benzene rings is 2. The van der Waals surface area contributed by atoms with E-state index in [1.54, 1.807) is 12.1 Å². The Hall–Kier alpha value is -2.60. The maximum Gasteiger partial charge on any atom is 0.236 e.